The molecule has 0 unspecified atom stereocenters. The Morgan fingerprint density at radius 3 is 2.95 bits per heavy atom. The van der Waals surface area contributed by atoms with Gasteiger partial charge in [0.15, 0.2) is 0 Å². The van der Waals surface area contributed by atoms with Gasteiger partial charge in [-0.2, -0.15) is 0 Å². The van der Waals surface area contributed by atoms with Gasteiger partial charge in [-0.1, -0.05) is 18.2 Å². The highest BCUT2D eigenvalue weighted by molar-refractivity contribution is 5.85. The normalized spacial score (nSPS) is 17.1. The Morgan fingerprint density at radius 1 is 1.48 bits per heavy atom. The largest absolute Gasteiger partial charge is 0.308 e. The molecule has 1 aliphatic heterocycles. The van der Waals surface area contributed by atoms with E-state index >= 15 is 0 Å². The van der Waals surface area contributed by atoms with Gasteiger partial charge in [0.2, 0.25) is 5.91 Å². The van der Waals surface area contributed by atoms with E-state index in [0.717, 1.165) is 12.8 Å². The van der Waals surface area contributed by atoms with E-state index in [1.54, 1.807) is 23.1 Å². The maximum Gasteiger partial charge on any atom is 0.300 e. The summed E-state index contributed by atoms with van der Waals surface area (Å²) in [6, 6.07) is 6.64. The summed E-state index contributed by atoms with van der Waals surface area (Å²) < 4.78 is 13.4. The minimum absolute atomic E-state index is 0. The number of nitrogens with one attached hydrogen (secondary N) is 1. The first-order chi connectivity index (χ1) is 9.72. The molecule has 1 saturated heterocycles. The Labute approximate surface area is 130 Å². The molecule has 1 aliphatic rings. The third kappa shape index (κ3) is 4.69. The lowest BCUT2D eigenvalue weighted by Gasteiger charge is -2.16. The second kappa shape index (κ2) is 8.60. The van der Waals surface area contributed by atoms with Crippen molar-refractivity contribution in [1.82, 2.24) is 10.2 Å². The molecule has 114 valence electrons. The fourth-order valence-corrected chi connectivity index (χ4v) is 2.40. The molecule has 4 nitrogen and oxygen atoms in total. The monoisotopic (exact) mass is 311 g/mol. The van der Waals surface area contributed by atoms with Crippen molar-refractivity contribution in [2.24, 2.45) is 0 Å². The van der Waals surface area contributed by atoms with Crippen molar-refractivity contribution in [2.75, 3.05) is 19.6 Å². The third-order valence-corrected chi connectivity index (χ3v) is 3.50. The minimum Gasteiger partial charge on any atom is -0.308 e. The lowest BCUT2D eigenvalue weighted by atomic mass is 10.1. The quantitative estimate of drug-likeness (QED) is 0.669. The Hall–Kier alpha value is -1.64. The molecule has 0 saturated carbocycles. The van der Waals surface area contributed by atoms with Crippen molar-refractivity contribution in [3.05, 3.63) is 47.1 Å². The Kier molecular flexibility index (Phi) is 7.13. The predicted molar refractivity (Wildman–Crippen MR) is 81.6 cm³/mol. The summed E-state index contributed by atoms with van der Waals surface area (Å²) in [7, 11) is 0. The molecule has 6 heteroatoms. The maximum atomic E-state index is 13.4. The van der Waals surface area contributed by atoms with Gasteiger partial charge < -0.3 is 5.32 Å². The van der Waals surface area contributed by atoms with Crippen LogP contribution in [-0.2, 0) is 11.2 Å². The summed E-state index contributed by atoms with van der Waals surface area (Å²) >= 11 is 0. The summed E-state index contributed by atoms with van der Waals surface area (Å²) in [4.78, 5) is 17.0. The van der Waals surface area contributed by atoms with Gasteiger partial charge in [-0.25, -0.2) is 11.0 Å². The summed E-state index contributed by atoms with van der Waals surface area (Å²) in [5.41, 5.74) is 0.646. The predicted octanol–water partition coefficient (Wildman–Crippen LogP) is 2.25. The molecule has 1 atom stereocenters. The minimum atomic E-state index is -0.295. The van der Waals surface area contributed by atoms with Crippen molar-refractivity contribution < 1.29 is 9.18 Å². The molecule has 0 aromatic heterocycles. The number of hydrogen-bond acceptors (Lipinski definition) is 2. The van der Waals surface area contributed by atoms with Crippen LogP contribution < -0.4 is 5.32 Å². The maximum absolute atomic E-state index is 13.4. The Balaban J connectivity index is 0.00000220. The van der Waals surface area contributed by atoms with Crippen LogP contribution in [0.15, 0.2) is 24.3 Å². The van der Waals surface area contributed by atoms with Crippen molar-refractivity contribution in [3.8, 4) is 0 Å². The van der Waals surface area contributed by atoms with Gasteiger partial charge in [0, 0.05) is 13.0 Å². The molecule has 1 aromatic carbocycles. The number of carbonyl (C=O) groups is 1. The lowest BCUT2D eigenvalue weighted by molar-refractivity contribution is -0.130. The molecule has 1 amide bonds. The summed E-state index contributed by atoms with van der Waals surface area (Å²) in [6.45, 7) is 8.46. The van der Waals surface area contributed by atoms with Crippen LogP contribution in [0.2, 0.25) is 0 Å². The molecule has 0 bridgehead atoms. The molecule has 1 fully saturated rings. The first kappa shape index (κ1) is 17.4. The van der Waals surface area contributed by atoms with E-state index in [0.29, 0.717) is 25.1 Å². The van der Waals surface area contributed by atoms with Crippen molar-refractivity contribution in [3.63, 3.8) is 0 Å². The van der Waals surface area contributed by atoms with Crippen LogP contribution in [0.4, 0.5) is 4.39 Å². The van der Waals surface area contributed by atoms with Crippen LogP contribution in [0, 0.1) is 12.4 Å². The van der Waals surface area contributed by atoms with E-state index in [2.05, 4.69) is 10.2 Å². The van der Waals surface area contributed by atoms with E-state index < -0.39 is 0 Å². The lowest BCUT2D eigenvalue weighted by Crippen LogP contribution is -2.40. The molecule has 1 N–H and O–H groups in total. The van der Waals surface area contributed by atoms with Crippen LogP contribution in [-0.4, -0.2) is 36.6 Å². The van der Waals surface area contributed by atoms with E-state index in [1.807, 2.05) is 0 Å². The average Bonchev–Trinajstić information content (AvgIpc) is 2.93. The van der Waals surface area contributed by atoms with Crippen LogP contribution >= 0.6 is 12.4 Å². The van der Waals surface area contributed by atoms with Crippen molar-refractivity contribution in [2.45, 2.75) is 25.4 Å². The molecule has 21 heavy (non-hydrogen) atoms. The van der Waals surface area contributed by atoms with Gasteiger partial charge in [-0.15, -0.1) is 12.4 Å². The van der Waals surface area contributed by atoms with Gasteiger partial charge in [0.05, 0.1) is 6.54 Å². The summed E-state index contributed by atoms with van der Waals surface area (Å²) in [5, 5.41) is 3.02. The van der Waals surface area contributed by atoms with E-state index in [9.17, 15) is 9.18 Å². The molecule has 1 aromatic rings. The number of likely N-dealkylation sites (tertiary alicyclic amines) is 1. The highest BCUT2D eigenvalue weighted by atomic mass is 35.5. The number of nitrogens with zero attached hydrogens (tertiary/aromatic N) is 2. The van der Waals surface area contributed by atoms with Crippen LogP contribution in [0.25, 0.3) is 4.85 Å². The average molecular weight is 312 g/mol. The molecular weight excluding hydrogens is 293 g/mol. The first-order valence-corrected chi connectivity index (χ1v) is 6.82. The number of benzene rings is 1. The number of amides is 1. The number of carbonyl (C=O) groups excluding carboxylic acids is 1. The second-order valence-electron chi connectivity index (χ2n) is 4.86. The zero-order chi connectivity index (χ0) is 14.4. The summed E-state index contributed by atoms with van der Waals surface area (Å²) in [6.07, 6.45) is 1.92. The summed E-state index contributed by atoms with van der Waals surface area (Å²) in [5.74, 6) is -0.259. The molecule has 0 spiro atoms. The number of hydrogen-bond donors (Lipinski definition) is 1. The van der Waals surface area contributed by atoms with Crippen molar-refractivity contribution in [1.29, 1.82) is 0 Å². The van der Waals surface area contributed by atoms with Gasteiger partial charge in [-0.3, -0.25) is 14.5 Å². The second-order valence-corrected chi connectivity index (χ2v) is 4.86. The fourth-order valence-electron chi connectivity index (χ4n) is 2.40. The van der Waals surface area contributed by atoms with Crippen LogP contribution in [0.5, 0.6) is 0 Å². The third-order valence-electron chi connectivity index (χ3n) is 3.50. The zero-order valence-corrected chi connectivity index (χ0v) is 12.5. The van der Waals surface area contributed by atoms with Gasteiger partial charge in [0.25, 0.3) is 0 Å². The zero-order valence-electron chi connectivity index (χ0n) is 11.7. The standard InChI is InChI=1S/C15H18FN3O.ClH/c1-17-14-7-4-10-19(14)15(20)11-18-9-8-12-5-2-3-6-13(12)16;/h2-3,5-6,14,18H,4,7-11H2;1H/t14-;/m0./s1. The molecule has 1 heterocycles. The van der Waals surface area contributed by atoms with Gasteiger partial charge in [-0.05, 0) is 31.0 Å². The van der Waals surface area contributed by atoms with Gasteiger partial charge >= 0.3 is 6.17 Å². The van der Waals surface area contributed by atoms with Crippen LogP contribution in [0.1, 0.15) is 18.4 Å². The van der Waals surface area contributed by atoms with E-state index in [1.165, 1.54) is 6.07 Å². The molecule has 0 aliphatic carbocycles. The Morgan fingerprint density at radius 2 is 2.24 bits per heavy atom. The SMILES string of the molecule is Cl.[C-]#[N+][C@@H]1CCCN1C(=O)CNCCc1ccccc1F. The molecule has 0 radical (unpaired) electrons. The number of rotatable bonds is 5. The smallest absolute Gasteiger partial charge is 0.300 e. The number of halogens is 2. The molecule has 2 rings (SSSR count). The first-order valence-electron chi connectivity index (χ1n) is 6.82. The van der Waals surface area contributed by atoms with E-state index in [-0.39, 0.29) is 36.8 Å². The topological polar surface area (TPSA) is 36.7 Å². The highest BCUT2D eigenvalue weighted by Crippen LogP contribution is 2.17. The van der Waals surface area contributed by atoms with E-state index in [4.69, 9.17) is 6.57 Å². The highest BCUT2D eigenvalue weighted by Gasteiger charge is 2.32. The molecular formula is C15H19ClFN3O. The fraction of sp³-hybridized carbons (Fsp3) is 0.467. The van der Waals surface area contributed by atoms with Crippen LogP contribution in [0.3, 0.4) is 0 Å². The van der Waals surface area contributed by atoms with Gasteiger partial charge in [0.1, 0.15) is 5.82 Å². The van der Waals surface area contributed by atoms with Crippen molar-refractivity contribution >= 4 is 18.3 Å². The Bertz CT molecular complexity index is 518.